The second-order valence-corrected chi connectivity index (χ2v) is 5.88. The fourth-order valence-corrected chi connectivity index (χ4v) is 3.30. The molecule has 1 aromatic rings. The fraction of sp³-hybridized carbons (Fsp3) is 0.500. The van der Waals surface area contributed by atoms with Gasteiger partial charge in [-0.05, 0) is 31.5 Å². The van der Waals surface area contributed by atoms with Gasteiger partial charge in [0.05, 0.1) is 0 Å². The number of rotatable bonds is 7. The van der Waals surface area contributed by atoms with Crippen molar-refractivity contribution in [1.29, 1.82) is 0 Å². The maximum atomic E-state index is 13.6. The molecule has 0 saturated heterocycles. The van der Waals surface area contributed by atoms with Gasteiger partial charge in [0.15, 0.2) is 0 Å². The van der Waals surface area contributed by atoms with Gasteiger partial charge in [0.1, 0.15) is 10.7 Å². The molecule has 102 valence electrons. The second kappa shape index (κ2) is 6.82. The minimum Gasteiger partial charge on any atom is -0.330 e. The predicted molar refractivity (Wildman–Crippen MR) is 69.1 cm³/mol. The van der Waals surface area contributed by atoms with E-state index in [2.05, 4.69) is 0 Å². The van der Waals surface area contributed by atoms with Crippen LogP contribution < -0.4 is 5.73 Å². The van der Waals surface area contributed by atoms with Crippen LogP contribution in [0, 0.1) is 5.82 Å². The second-order valence-electron chi connectivity index (χ2n) is 3.98. The summed E-state index contributed by atoms with van der Waals surface area (Å²) in [6, 6.07) is 5.43. The highest BCUT2D eigenvalue weighted by molar-refractivity contribution is 7.89. The summed E-state index contributed by atoms with van der Waals surface area (Å²) in [6.45, 7) is 2.98. The number of benzene rings is 1. The summed E-state index contributed by atoms with van der Waals surface area (Å²) < 4.78 is 39.5. The Kier molecular flexibility index (Phi) is 5.71. The van der Waals surface area contributed by atoms with E-state index in [0.717, 1.165) is 6.07 Å². The summed E-state index contributed by atoms with van der Waals surface area (Å²) in [5.74, 6) is -0.716. The van der Waals surface area contributed by atoms with Gasteiger partial charge >= 0.3 is 0 Å². The molecule has 6 heteroatoms. The van der Waals surface area contributed by atoms with Gasteiger partial charge in [-0.3, -0.25) is 0 Å². The van der Waals surface area contributed by atoms with Crippen molar-refractivity contribution in [2.45, 2.75) is 24.7 Å². The fourth-order valence-electron chi connectivity index (χ4n) is 1.66. The smallest absolute Gasteiger partial charge is 0.245 e. The van der Waals surface area contributed by atoms with E-state index in [9.17, 15) is 12.8 Å². The highest BCUT2D eigenvalue weighted by Crippen LogP contribution is 2.19. The third-order valence-corrected chi connectivity index (χ3v) is 4.47. The van der Waals surface area contributed by atoms with Crippen LogP contribution >= 0.6 is 0 Å². The van der Waals surface area contributed by atoms with E-state index in [1.54, 1.807) is 0 Å². The lowest BCUT2D eigenvalue weighted by Gasteiger charge is -2.21. The first kappa shape index (κ1) is 15.1. The average Bonchev–Trinajstić information content (AvgIpc) is 2.34. The van der Waals surface area contributed by atoms with Crippen LogP contribution in [0.25, 0.3) is 0 Å². The quantitative estimate of drug-likeness (QED) is 0.821. The van der Waals surface area contributed by atoms with Crippen LogP contribution in [0.15, 0.2) is 29.2 Å². The molecule has 0 unspecified atom stereocenters. The van der Waals surface area contributed by atoms with E-state index in [0.29, 0.717) is 32.5 Å². The molecule has 0 amide bonds. The Morgan fingerprint density at radius 3 is 2.50 bits per heavy atom. The molecule has 0 aliphatic carbocycles. The first-order chi connectivity index (χ1) is 8.54. The first-order valence-corrected chi connectivity index (χ1v) is 7.42. The Balaban J connectivity index is 3.05. The normalized spacial score (nSPS) is 12.0. The van der Waals surface area contributed by atoms with Crippen molar-refractivity contribution in [3.05, 3.63) is 30.1 Å². The lowest BCUT2D eigenvalue weighted by atomic mass is 10.3. The van der Waals surface area contributed by atoms with E-state index >= 15 is 0 Å². The molecule has 18 heavy (non-hydrogen) atoms. The van der Waals surface area contributed by atoms with Crippen LogP contribution in [0.1, 0.15) is 19.8 Å². The highest BCUT2D eigenvalue weighted by atomic mass is 32.2. The molecule has 0 radical (unpaired) electrons. The standard InChI is InChI=1S/C12H19FN2O2S/c1-2-9-15(10-5-8-14)18(16,17)12-7-4-3-6-11(12)13/h3-4,6-7H,2,5,8-10,14H2,1H3. The molecule has 0 aromatic heterocycles. The van der Waals surface area contributed by atoms with Crippen LogP contribution in [0.5, 0.6) is 0 Å². The van der Waals surface area contributed by atoms with Gasteiger partial charge in [0, 0.05) is 13.1 Å². The lowest BCUT2D eigenvalue weighted by molar-refractivity contribution is 0.403. The molecule has 0 heterocycles. The number of hydrogen-bond acceptors (Lipinski definition) is 3. The summed E-state index contributed by atoms with van der Waals surface area (Å²) in [4.78, 5) is -0.268. The summed E-state index contributed by atoms with van der Waals surface area (Å²) in [5.41, 5.74) is 5.39. The van der Waals surface area contributed by atoms with E-state index in [-0.39, 0.29) is 4.90 Å². The minimum atomic E-state index is -3.76. The molecule has 0 aliphatic rings. The van der Waals surface area contributed by atoms with Crippen LogP contribution in [0.2, 0.25) is 0 Å². The summed E-state index contributed by atoms with van der Waals surface area (Å²) in [5, 5.41) is 0. The van der Waals surface area contributed by atoms with E-state index in [4.69, 9.17) is 5.73 Å². The van der Waals surface area contributed by atoms with Crippen molar-refractivity contribution in [2.24, 2.45) is 5.73 Å². The van der Waals surface area contributed by atoms with Gasteiger partial charge in [-0.2, -0.15) is 4.31 Å². The van der Waals surface area contributed by atoms with Crippen molar-refractivity contribution < 1.29 is 12.8 Å². The summed E-state index contributed by atoms with van der Waals surface area (Å²) >= 11 is 0. The van der Waals surface area contributed by atoms with Gasteiger partial charge in [-0.25, -0.2) is 12.8 Å². The monoisotopic (exact) mass is 274 g/mol. The van der Waals surface area contributed by atoms with Crippen molar-refractivity contribution in [3.63, 3.8) is 0 Å². The number of nitrogens with two attached hydrogens (primary N) is 1. The molecule has 2 N–H and O–H groups in total. The van der Waals surface area contributed by atoms with Crippen molar-refractivity contribution in [2.75, 3.05) is 19.6 Å². The zero-order valence-electron chi connectivity index (χ0n) is 10.5. The molecule has 1 rings (SSSR count). The number of halogens is 1. The Labute approximate surface area is 108 Å². The van der Waals surface area contributed by atoms with Crippen LogP contribution in [0.3, 0.4) is 0 Å². The maximum absolute atomic E-state index is 13.6. The van der Waals surface area contributed by atoms with Crippen molar-refractivity contribution in [3.8, 4) is 0 Å². The van der Waals surface area contributed by atoms with Crippen molar-refractivity contribution in [1.82, 2.24) is 4.31 Å². The SMILES string of the molecule is CCCN(CCCN)S(=O)(=O)c1ccccc1F. The number of hydrogen-bond donors (Lipinski definition) is 1. The van der Waals surface area contributed by atoms with Crippen LogP contribution in [0.4, 0.5) is 4.39 Å². The maximum Gasteiger partial charge on any atom is 0.245 e. The third kappa shape index (κ3) is 3.51. The van der Waals surface area contributed by atoms with E-state index < -0.39 is 15.8 Å². The van der Waals surface area contributed by atoms with Crippen molar-refractivity contribution >= 4 is 10.0 Å². The first-order valence-electron chi connectivity index (χ1n) is 5.98. The molecule has 4 nitrogen and oxygen atoms in total. The van der Waals surface area contributed by atoms with Gasteiger partial charge in [0.2, 0.25) is 10.0 Å². The molecule has 0 bridgehead atoms. The van der Waals surface area contributed by atoms with Crippen LogP contribution in [-0.4, -0.2) is 32.4 Å². The predicted octanol–water partition coefficient (Wildman–Crippen LogP) is 1.58. The highest BCUT2D eigenvalue weighted by Gasteiger charge is 2.25. The largest absolute Gasteiger partial charge is 0.330 e. The van der Waals surface area contributed by atoms with E-state index in [1.165, 1.54) is 22.5 Å². The Bertz CT molecular complexity index is 477. The molecule has 0 atom stereocenters. The molecule has 1 aromatic carbocycles. The molecule has 0 fully saturated rings. The zero-order valence-corrected chi connectivity index (χ0v) is 11.3. The van der Waals surface area contributed by atoms with Gasteiger partial charge in [0.25, 0.3) is 0 Å². The zero-order chi connectivity index (χ0) is 13.6. The minimum absolute atomic E-state index is 0.268. The van der Waals surface area contributed by atoms with Gasteiger partial charge in [-0.15, -0.1) is 0 Å². The Morgan fingerprint density at radius 2 is 1.94 bits per heavy atom. The van der Waals surface area contributed by atoms with Gasteiger partial charge in [-0.1, -0.05) is 19.1 Å². The Morgan fingerprint density at radius 1 is 1.28 bits per heavy atom. The third-order valence-electron chi connectivity index (χ3n) is 2.54. The van der Waals surface area contributed by atoms with Gasteiger partial charge < -0.3 is 5.73 Å². The lowest BCUT2D eigenvalue weighted by Crippen LogP contribution is -2.34. The van der Waals surface area contributed by atoms with Crippen LogP contribution in [-0.2, 0) is 10.0 Å². The number of nitrogens with zero attached hydrogens (tertiary/aromatic N) is 1. The molecule has 0 spiro atoms. The molecule has 0 aliphatic heterocycles. The number of sulfonamides is 1. The van der Waals surface area contributed by atoms with E-state index in [1.807, 2.05) is 6.92 Å². The Hall–Kier alpha value is -0.980. The average molecular weight is 274 g/mol. The molecular formula is C12H19FN2O2S. The summed E-state index contributed by atoms with van der Waals surface area (Å²) in [6.07, 6.45) is 1.24. The molecule has 0 saturated carbocycles. The topological polar surface area (TPSA) is 63.4 Å². The summed E-state index contributed by atoms with van der Waals surface area (Å²) in [7, 11) is -3.76. The molecular weight excluding hydrogens is 255 g/mol.